The molecule has 0 amide bonds. The van der Waals surface area contributed by atoms with Crippen LogP contribution in [0, 0.1) is 0 Å². The molecule has 4 heteroatoms. The number of rotatable bonds is 1. The Bertz CT molecular complexity index is 361. The summed E-state index contributed by atoms with van der Waals surface area (Å²) in [5.74, 6) is 1.84. The van der Waals surface area contributed by atoms with Crippen molar-refractivity contribution in [1.82, 2.24) is 0 Å². The molecule has 1 heterocycles. The monoisotopic (exact) mass is 178 g/mol. The number of benzene rings is 1. The number of hydrogen-bond donors (Lipinski definition) is 1. The summed E-state index contributed by atoms with van der Waals surface area (Å²) >= 11 is 0. The van der Waals surface area contributed by atoms with Gasteiger partial charge in [0.25, 0.3) is 0 Å². The smallest absolute Gasteiger partial charge is 0.187 e. The van der Waals surface area contributed by atoms with Crippen molar-refractivity contribution in [2.45, 2.75) is 0 Å². The molecular formula is C9H10N2O2. The Kier molecular flexibility index (Phi) is 1.81. The first-order valence-electron chi connectivity index (χ1n) is 3.94. The second kappa shape index (κ2) is 2.97. The van der Waals surface area contributed by atoms with E-state index in [1.54, 1.807) is 7.11 Å². The lowest BCUT2D eigenvalue weighted by atomic mass is 10.2. The molecule has 13 heavy (non-hydrogen) atoms. The predicted octanol–water partition coefficient (Wildman–Crippen LogP) is 1.08. The topological polar surface area (TPSA) is 56.8 Å². The van der Waals surface area contributed by atoms with E-state index in [4.69, 9.17) is 15.2 Å². The van der Waals surface area contributed by atoms with Crippen LogP contribution in [-0.2, 0) is 0 Å². The molecule has 1 aliphatic heterocycles. The van der Waals surface area contributed by atoms with E-state index in [9.17, 15) is 0 Å². The van der Waals surface area contributed by atoms with Crippen LogP contribution in [0.25, 0.3) is 0 Å². The van der Waals surface area contributed by atoms with Gasteiger partial charge in [0, 0.05) is 0 Å². The van der Waals surface area contributed by atoms with Crippen LogP contribution in [0.3, 0.4) is 0 Å². The Morgan fingerprint density at radius 2 is 2.38 bits per heavy atom. The van der Waals surface area contributed by atoms with E-state index < -0.39 is 0 Å². The predicted molar refractivity (Wildman–Crippen MR) is 49.8 cm³/mol. The number of ether oxygens (including phenoxy) is 2. The molecule has 1 aromatic rings. The fourth-order valence-electron chi connectivity index (χ4n) is 1.23. The molecule has 1 aliphatic rings. The van der Waals surface area contributed by atoms with Gasteiger partial charge in [-0.1, -0.05) is 6.07 Å². The molecule has 0 aromatic heterocycles. The number of hydrogen-bond acceptors (Lipinski definition) is 4. The maximum absolute atomic E-state index is 5.53. The summed E-state index contributed by atoms with van der Waals surface area (Å²) in [5.41, 5.74) is 6.25. The summed E-state index contributed by atoms with van der Waals surface area (Å²) in [6.07, 6.45) is 0. The van der Waals surface area contributed by atoms with Gasteiger partial charge in [0.05, 0.1) is 7.11 Å². The lowest BCUT2D eigenvalue weighted by molar-refractivity contribution is 0.331. The van der Waals surface area contributed by atoms with Gasteiger partial charge in [-0.2, -0.15) is 0 Å². The molecule has 0 unspecified atom stereocenters. The minimum Gasteiger partial charge on any atom is -0.493 e. The first-order valence-corrected chi connectivity index (χ1v) is 3.94. The number of amidine groups is 1. The van der Waals surface area contributed by atoms with E-state index in [0.717, 1.165) is 5.69 Å². The number of nitrogens with zero attached hydrogens (tertiary/aromatic N) is 1. The zero-order valence-electron chi connectivity index (χ0n) is 7.28. The standard InChI is InChI=1S/C9H10N2O2/c1-12-7-4-2-3-6-9(7)13-5-8(10)11-6/h2-4H,5H2,1H3,(H2,10,11). The second-order valence-corrected chi connectivity index (χ2v) is 2.70. The highest BCUT2D eigenvalue weighted by Crippen LogP contribution is 2.38. The van der Waals surface area contributed by atoms with Crippen LogP contribution in [0.15, 0.2) is 23.2 Å². The number of nitrogens with two attached hydrogens (primary N) is 1. The van der Waals surface area contributed by atoms with E-state index in [0.29, 0.717) is 23.9 Å². The van der Waals surface area contributed by atoms with Crippen molar-refractivity contribution in [3.05, 3.63) is 18.2 Å². The normalized spacial score (nSPS) is 14.1. The van der Waals surface area contributed by atoms with Crippen LogP contribution < -0.4 is 15.2 Å². The minimum absolute atomic E-state index is 0.327. The van der Waals surface area contributed by atoms with Crippen LogP contribution in [0.4, 0.5) is 5.69 Å². The molecular weight excluding hydrogens is 168 g/mol. The molecule has 2 rings (SSSR count). The van der Waals surface area contributed by atoms with Crippen molar-refractivity contribution in [2.75, 3.05) is 13.7 Å². The van der Waals surface area contributed by atoms with E-state index in [1.165, 1.54) is 0 Å². The third-order valence-corrected chi connectivity index (χ3v) is 1.81. The van der Waals surface area contributed by atoms with E-state index in [-0.39, 0.29) is 0 Å². The lowest BCUT2D eigenvalue weighted by Crippen LogP contribution is -2.23. The third-order valence-electron chi connectivity index (χ3n) is 1.81. The maximum atomic E-state index is 5.53. The highest BCUT2D eigenvalue weighted by molar-refractivity contribution is 5.87. The van der Waals surface area contributed by atoms with Gasteiger partial charge < -0.3 is 15.2 Å². The molecule has 0 atom stereocenters. The number of para-hydroxylation sites is 1. The SMILES string of the molecule is COc1cccc2c1OCC(N)=N2. The van der Waals surface area contributed by atoms with Crippen LogP contribution >= 0.6 is 0 Å². The highest BCUT2D eigenvalue weighted by atomic mass is 16.5. The third kappa shape index (κ3) is 1.30. The van der Waals surface area contributed by atoms with Crippen LogP contribution in [0.5, 0.6) is 11.5 Å². The zero-order chi connectivity index (χ0) is 9.26. The van der Waals surface area contributed by atoms with Gasteiger partial charge in [0.2, 0.25) is 0 Å². The van der Waals surface area contributed by atoms with Crippen molar-refractivity contribution in [3.8, 4) is 11.5 Å². The van der Waals surface area contributed by atoms with Gasteiger partial charge >= 0.3 is 0 Å². The quantitative estimate of drug-likeness (QED) is 0.700. The molecule has 4 nitrogen and oxygen atoms in total. The fourth-order valence-corrected chi connectivity index (χ4v) is 1.23. The fraction of sp³-hybridized carbons (Fsp3) is 0.222. The molecule has 0 saturated carbocycles. The van der Waals surface area contributed by atoms with Gasteiger partial charge in [-0.25, -0.2) is 4.99 Å². The summed E-state index contributed by atoms with van der Waals surface area (Å²) in [6.45, 7) is 0.327. The first kappa shape index (κ1) is 7.91. The molecule has 1 aromatic carbocycles. The molecule has 0 fully saturated rings. The van der Waals surface area contributed by atoms with Crippen molar-refractivity contribution in [2.24, 2.45) is 10.7 Å². The van der Waals surface area contributed by atoms with Gasteiger partial charge in [-0.15, -0.1) is 0 Å². The summed E-state index contributed by atoms with van der Waals surface area (Å²) in [5, 5.41) is 0. The van der Waals surface area contributed by atoms with E-state index in [1.807, 2.05) is 18.2 Å². The number of fused-ring (bicyclic) bond motifs is 1. The molecule has 0 spiro atoms. The molecule has 0 bridgehead atoms. The molecule has 0 aliphatic carbocycles. The Morgan fingerprint density at radius 3 is 3.15 bits per heavy atom. The Morgan fingerprint density at radius 1 is 1.54 bits per heavy atom. The Balaban J connectivity index is 2.52. The minimum atomic E-state index is 0.327. The number of methoxy groups -OCH3 is 1. The van der Waals surface area contributed by atoms with E-state index in [2.05, 4.69) is 4.99 Å². The van der Waals surface area contributed by atoms with Crippen molar-refractivity contribution in [3.63, 3.8) is 0 Å². The van der Waals surface area contributed by atoms with Crippen molar-refractivity contribution >= 4 is 11.5 Å². The van der Waals surface area contributed by atoms with Crippen LogP contribution in [-0.4, -0.2) is 19.6 Å². The second-order valence-electron chi connectivity index (χ2n) is 2.70. The molecule has 0 saturated heterocycles. The molecule has 0 radical (unpaired) electrons. The van der Waals surface area contributed by atoms with Gasteiger partial charge in [-0.3, -0.25) is 0 Å². The highest BCUT2D eigenvalue weighted by Gasteiger charge is 2.14. The Hall–Kier alpha value is -1.71. The van der Waals surface area contributed by atoms with Crippen molar-refractivity contribution < 1.29 is 9.47 Å². The first-order chi connectivity index (χ1) is 6.31. The molecule has 2 N–H and O–H groups in total. The molecule has 68 valence electrons. The average molecular weight is 178 g/mol. The summed E-state index contributed by atoms with van der Waals surface area (Å²) in [6, 6.07) is 5.52. The van der Waals surface area contributed by atoms with E-state index >= 15 is 0 Å². The maximum Gasteiger partial charge on any atom is 0.187 e. The summed E-state index contributed by atoms with van der Waals surface area (Å²) in [7, 11) is 1.60. The van der Waals surface area contributed by atoms with Crippen LogP contribution in [0.2, 0.25) is 0 Å². The van der Waals surface area contributed by atoms with Crippen LogP contribution in [0.1, 0.15) is 0 Å². The van der Waals surface area contributed by atoms with Gasteiger partial charge in [0.1, 0.15) is 18.1 Å². The lowest BCUT2D eigenvalue weighted by Gasteiger charge is -2.16. The zero-order valence-corrected chi connectivity index (χ0v) is 7.28. The summed E-state index contributed by atoms with van der Waals surface area (Å²) < 4.78 is 10.5. The van der Waals surface area contributed by atoms with Gasteiger partial charge in [-0.05, 0) is 12.1 Å². The largest absolute Gasteiger partial charge is 0.493 e. The number of aliphatic imine (C=N–C) groups is 1. The average Bonchev–Trinajstić information content (AvgIpc) is 2.16. The van der Waals surface area contributed by atoms with Gasteiger partial charge in [0.15, 0.2) is 11.5 Å². The Labute approximate surface area is 76.0 Å². The van der Waals surface area contributed by atoms with Crippen molar-refractivity contribution in [1.29, 1.82) is 0 Å². The summed E-state index contributed by atoms with van der Waals surface area (Å²) in [4.78, 5) is 4.14.